The number of nitrogens with one attached hydrogen (secondary N) is 1. The molecule has 0 aliphatic rings. The average Bonchev–Trinajstić information content (AvgIpc) is 3.25. The molecule has 4 aromatic heterocycles. The lowest BCUT2D eigenvalue weighted by Gasteiger charge is -2.18. The van der Waals surface area contributed by atoms with Crippen molar-refractivity contribution in [3.63, 3.8) is 0 Å². The highest BCUT2D eigenvalue weighted by Crippen LogP contribution is 2.30. The number of rotatable bonds is 4. The van der Waals surface area contributed by atoms with Crippen molar-refractivity contribution in [2.75, 3.05) is 11.9 Å². The van der Waals surface area contributed by atoms with Crippen LogP contribution in [-0.4, -0.2) is 37.2 Å². The van der Waals surface area contributed by atoms with E-state index in [4.69, 9.17) is 4.98 Å². The Balaban J connectivity index is 1.80. The topological polar surface area (TPSA) is 83.5 Å². The monoisotopic (exact) mass is 323 g/mol. The Bertz CT molecular complexity index is 918. The van der Waals surface area contributed by atoms with Crippen molar-refractivity contribution >= 4 is 27.4 Å². The quantitative estimate of drug-likeness (QED) is 0.621. The first kappa shape index (κ1) is 13.8. The summed E-state index contributed by atoms with van der Waals surface area (Å²) in [5, 5.41) is 9.80. The van der Waals surface area contributed by atoms with Crippen molar-refractivity contribution in [2.24, 2.45) is 0 Å². The minimum atomic E-state index is 0.587. The molecule has 0 fully saturated rings. The molecular weight excluding hydrogens is 310 g/mol. The second kappa shape index (κ2) is 5.73. The first-order valence-corrected chi connectivity index (χ1v) is 7.91. The highest BCUT2D eigenvalue weighted by molar-refractivity contribution is 7.16. The van der Waals surface area contributed by atoms with Crippen molar-refractivity contribution in [1.29, 1.82) is 0 Å². The van der Waals surface area contributed by atoms with Gasteiger partial charge in [-0.25, -0.2) is 15.0 Å². The van der Waals surface area contributed by atoms with Gasteiger partial charge in [-0.05, 0) is 23.6 Å². The molecule has 0 saturated heterocycles. The van der Waals surface area contributed by atoms with Gasteiger partial charge in [-0.3, -0.25) is 10.1 Å². The number of aromatic nitrogens is 6. The van der Waals surface area contributed by atoms with Crippen LogP contribution in [-0.2, 0) is 6.54 Å². The molecular formula is C15H13N7S. The van der Waals surface area contributed by atoms with Crippen molar-refractivity contribution in [3.05, 3.63) is 48.0 Å². The number of fused-ring (bicyclic) bond motifs is 1. The summed E-state index contributed by atoms with van der Waals surface area (Å²) in [6.07, 6.45) is 3.25. The molecule has 0 aliphatic heterocycles. The van der Waals surface area contributed by atoms with Gasteiger partial charge in [-0.2, -0.15) is 5.10 Å². The molecule has 0 spiro atoms. The van der Waals surface area contributed by atoms with E-state index < -0.39 is 0 Å². The molecule has 0 aliphatic carbocycles. The van der Waals surface area contributed by atoms with E-state index in [1.807, 2.05) is 41.6 Å². The fraction of sp³-hybridized carbons (Fsp3) is 0.133. The van der Waals surface area contributed by atoms with Crippen molar-refractivity contribution < 1.29 is 0 Å². The van der Waals surface area contributed by atoms with Crippen LogP contribution in [0.25, 0.3) is 21.7 Å². The highest BCUT2D eigenvalue weighted by atomic mass is 32.1. The molecule has 4 aromatic rings. The molecule has 4 rings (SSSR count). The van der Waals surface area contributed by atoms with E-state index in [9.17, 15) is 0 Å². The van der Waals surface area contributed by atoms with Gasteiger partial charge in [-0.1, -0.05) is 6.07 Å². The van der Waals surface area contributed by atoms with Crippen molar-refractivity contribution in [3.8, 4) is 11.5 Å². The third-order valence-electron chi connectivity index (χ3n) is 3.41. The predicted molar refractivity (Wildman–Crippen MR) is 89.1 cm³/mol. The Morgan fingerprint density at radius 1 is 1.17 bits per heavy atom. The second-order valence-electron chi connectivity index (χ2n) is 5.01. The number of aromatic amines is 1. The Hall–Kier alpha value is -2.87. The van der Waals surface area contributed by atoms with Crippen LogP contribution in [0.2, 0.25) is 0 Å². The predicted octanol–water partition coefficient (Wildman–Crippen LogP) is 2.51. The molecule has 4 heterocycles. The molecule has 23 heavy (non-hydrogen) atoms. The third kappa shape index (κ3) is 2.64. The second-order valence-corrected chi connectivity index (χ2v) is 5.91. The molecule has 0 radical (unpaired) electrons. The van der Waals surface area contributed by atoms with Crippen LogP contribution >= 0.6 is 11.3 Å². The summed E-state index contributed by atoms with van der Waals surface area (Å²) in [5.74, 6) is 2.27. The maximum Gasteiger partial charge on any atom is 0.181 e. The Morgan fingerprint density at radius 3 is 2.91 bits per heavy atom. The zero-order valence-corrected chi connectivity index (χ0v) is 13.2. The summed E-state index contributed by atoms with van der Waals surface area (Å²) < 4.78 is 0. The molecule has 0 unspecified atom stereocenters. The average molecular weight is 323 g/mol. The number of hydrogen-bond acceptors (Lipinski definition) is 7. The van der Waals surface area contributed by atoms with Crippen molar-refractivity contribution in [1.82, 2.24) is 30.1 Å². The Kier molecular flexibility index (Phi) is 3.43. The molecule has 0 aromatic carbocycles. The fourth-order valence-electron chi connectivity index (χ4n) is 2.35. The van der Waals surface area contributed by atoms with Gasteiger partial charge in [0.1, 0.15) is 28.5 Å². The minimum absolute atomic E-state index is 0.587. The number of H-pyrrole nitrogens is 1. The molecule has 0 bridgehead atoms. The summed E-state index contributed by atoms with van der Waals surface area (Å²) in [4.78, 5) is 20.8. The van der Waals surface area contributed by atoms with Crippen LogP contribution in [0.3, 0.4) is 0 Å². The van der Waals surface area contributed by atoms with E-state index in [0.29, 0.717) is 12.4 Å². The van der Waals surface area contributed by atoms with E-state index in [-0.39, 0.29) is 0 Å². The molecule has 0 saturated carbocycles. The summed E-state index contributed by atoms with van der Waals surface area (Å²) in [6.45, 7) is 0.587. The number of nitrogens with zero attached hydrogens (tertiary/aromatic N) is 6. The standard InChI is InChI=1S/C15H13N7S/c1-22(8-12-17-9-18-21-12)14-10-5-7-23-15(10)20-13(19-14)11-4-2-3-6-16-11/h2-7,9H,8H2,1H3,(H,17,18,21). The largest absolute Gasteiger partial charge is 0.351 e. The van der Waals surface area contributed by atoms with E-state index in [0.717, 1.165) is 27.6 Å². The minimum Gasteiger partial charge on any atom is -0.351 e. The molecule has 114 valence electrons. The van der Waals surface area contributed by atoms with E-state index >= 15 is 0 Å². The van der Waals surface area contributed by atoms with E-state index in [1.54, 1.807) is 17.5 Å². The van der Waals surface area contributed by atoms with Gasteiger partial charge in [-0.15, -0.1) is 11.3 Å². The first-order chi connectivity index (χ1) is 11.3. The van der Waals surface area contributed by atoms with Crippen molar-refractivity contribution in [2.45, 2.75) is 6.54 Å². The van der Waals surface area contributed by atoms with E-state index in [2.05, 4.69) is 25.1 Å². The maximum atomic E-state index is 4.72. The number of pyridine rings is 1. The van der Waals surface area contributed by atoms with Gasteiger partial charge in [0.25, 0.3) is 0 Å². The molecule has 0 amide bonds. The van der Waals surface area contributed by atoms with Gasteiger partial charge in [0.15, 0.2) is 5.82 Å². The lowest BCUT2D eigenvalue weighted by atomic mass is 10.3. The maximum absolute atomic E-state index is 4.72. The van der Waals surface area contributed by atoms with Crippen LogP contribution in [0.15, 0.2) is 42.2 Å². The van der Waals surface area contributed by atoms with Crippen LogP contribution < -0.4 is 4.90 Å². The Labute approximate surface area is 136 Å². The fourth-order valence-corrected chi connectivity index (χ4v) is 3.11. The summed E-state index contributed by atoms with van der Waals surface area (Å²) >= 11 is 1.59. The molecule has 1 N–H and O–H groups in total. The third-order valence-corrected chi connectivity index (χ3v) is 4.22. The highest BCUT2D eigenvalue weighted by Gasteiger charge is 2.15. The summed E-state index contributed by atoms with van der Waals surface area (Å²) in [6, 6.07) is 7.76. The first-order valence-electron chi connectivity index (χ1n) is 7.03. The van der Waals surface area contributed by atoms with Crippen LogP contribution in [0.4, 0.5) is 5.82 Å². The zero-order valence-electron chi connectivity index (χ0n) is 12.3. The van der Waals surface area contributed by atoms with Gasteiger partial charge >= 0.3 is 0 Å². The Morgan fingerprint density at radius 2 is 2.13 bits per heavy atom. The summed E-state index contributed by atoms with van der Waals surface area (Å²) in [5.41, 5.74) is 0.761. The number of hydrogen-bond donors (Lipinski definition) is 1. The van der Waals surface area contributed by atoms with Crippen LogP contribution in [0.5, 0.6) is 0 Å². The molecule has 8 heteroatoms. The van der Waals surface area contributed by atoms with E-state index in [1.165, 1.54) is 6.33 Å². The van der Waals surface area contributed by atoms with Gasteiger partial charge in [0.2, 0.25) is 0 Å². The smallest absolute Gasteiger partial charge is 0.181 e. The summed E-state index contributed by atoms with van der Waals surface area (Å²) in [7, 11) is 1.98. The lowest BCUT2D eigenvalue weighted by Crippen LogP contribution is -2.19. The van der Waals surface area contributed by atoms with Crippen LogP contribution in [0, 0.1) is 0 Å². The molecule has 0 atom stereocenters. The number of thiophene rings is 1. The lowest BCUT2D eigenvalue weighted by molar-refractivity contribution is 0.833. The molecule has 7 nitrogen and oxygen atoms in total. The zero-order chi connectivity index (χ0) is 15.6. The SMILES string of the molecule is CN(Cc1ncn[nH]1)c1nc(-c2ccccn2)nc2sccc12. The van der Waals surface area contributed by atoms with Gasteiger partial charge in [0, 0.05) is 13.2 Å². The van der Waals surface area contributed by atoms with Gasteiger partial charge in [0.05, 0.1) is 11.9 Å². The van der Waals surface area contributed by atoms with Gasteiger partial charge < -0.3 is 4.90 Å². The normalized spacial score (nSPS) is 11.0. The number of anilines is 1. The van der Waals surface area contributed by atoms with Crippen LogP contribution in [0.1, 0.15) is 5.82 Å².